The molecular weight excluding hydrogens is 401 g/mol. The summed E-state index contributed by atoms with van der Waals surface area (Å²) in [7, 11) is 0. The highest BCUT2D eigenvalue weighted by atomic mass is 19.1. The van der Waals surface area contributed by atoms with E-state index in [-0.39, 0.29) is 23.8 Å². The summed E-state index contributed by atoms with van der Waals surface area (Å²) in [6.45, 7) is 6.73. The number of rotatable bonds is 3. The van der Waals surface area contributed by atoms with Crippen molar-refractivity contribution in [2.45, 2.75) is 25.9 Å². The molecule has 0 bridgehead atoms. The molecule has 31 heavy (non-hydrogen) atoms. The zero-order valence-corrected chi connectivity index (χ0v) is 17.3. The summed E-state index contributed by atoms with van der Waals surface area (Å²) < 4.78 is 20.6. The van der Waals surface area contributed by atoms with E-state index in [1.165, 1.54) is 21.9 Å². The average molecular weight is 425 g/mol. The number of piperidine rings is 1. The molecule has 8 nitrogen and oxygen atoms in total. The lowest BCUT2D eigenvalue weighted by Gasteiger charge is -2.31. The van der Waals surface area contributed by atoms with Crippen molar-refractivity contribution in [1.29, 1.82) is 5.41 Å². The van der Waals surface area contributed by atoms with Crippen LogP contribution in [0.25, 0.3) is 0 Å². The first-order chi connectivity index (χ1) is 14.8. The third-order valence-electron chi connectivity index (χ3n) is 5.39. The van der Waals surface area contributed by atoms with E-state index >= 15 is 0 Å². The number of hydrogen-bond acceptors (Lipinski definition) is 6. The molecule has 1 fully saturated rings. The number of carbonyl (C=O) groups excluding carboxylic acids is 2. The van der Waals surface area contributed by atoms with Gasteiger partial charge in [0.05, 0.1) is 18.7 Å². The molecule has 1 atom stereocenters. The molecule has 2 aliphatic rings. The van der Waals surface area contributed by atoms with Crippen molar-refractivity contribution in [2.24, 2.45) is 0 Å². The summed E-state index contributed by atoms with van der Waals surface area (Å²) in [6, 6.07) is 4.93. The number of anilines is 2. The lowest BCUT2D eigenvalue weighted by Crippen LogP contribution is -2.41. The van der Waals surface area contributed by atoms with E-state index in [0.29, 0.717) is 60.9 Å². The van der Waals surface area contributed by atoms with Crippen LogP contribution in [0.15, 0.2) is 42.7 Å². The standard InChI is InChI=1S/C22H24FN5O3/c1-14(2)21(29)28-7-5-17(11-19(28)24)27-8-9-31-18-10-15(12-25-20(18)27)22(30)26-6-3-4-16(23)13-26/h5,7,10-12,16,24H,1,3-4,6,8-9,13H2,2H3/t16-/m1/s1. The molecule has 2 aromatic rings. The Morgan fingerprint density at radius 2 is 2.13 bits per heavy atom. The molecule has 4 rings (SSSR count). The number of pyridine rings is 2. The Morgan fingerprint density at radius 1 is 1.32 bits per heavy atom. The van der Waals surface area contributed by atoms with Crippen LogP contribution in [0.1, 0.15) is 34.9 Å². The Kier molecular flexibility index (Phi) is 5.58. The van der Waals surface area contributed by atoms with E-state index in [1.54, 1.807) is 25.1 Å². The molecule has 0 aromatic carbocycles. The highest BCUT2D eigenvalue weighted by molar-refractivity contribution is 5.95. The molecule has 0 saturated carbocycles. The summed E-state index contributed by atoms with van der Waals surface area (Å²) in [4.78, 5) is 32.7. The molecule has 4 heterocycles. The molecule has 1 amide bonds. The largest absolute Gasteiger partial charge is 0.488 e. The van der Waals surface area contributed by atoms with Crippen molar-refractivity contribution < 1.29 is 18.7 Å². The minimum absolute atomic E-state index is 0.0243. The van der Waals surface area contributed by atoms with Crippen molar-refractivity contribution >= 4 is 23.3 Å². The van der Waals surface area contributed by atoms with Gasteiger partial charge in [0.25, 0.3) is 11.8 Å². The number of nitrogens with one attached hydrogen (secondary N) is 1. The van der Waals surface area contributed by atoms with Gasteiger partial charge in [0.2, 0.25) is 0 Å². The molecule has 2 aliphatic heterocycles. The lowest BCUT2D eigenvalue weighted by molar-refractivity contribution is 0.0635. The molecule has 2 aromatic heterocycles. The lowest BCUT2D eigenvalue weighted by atomic mass is 10.1. The second-order valence-electron chi connectivity index (χ2n) is 7.76. The zero-order valence-electron chi connectivity index (χ0n) is 17.3. The Bertz CT molecular complexity index is 1110. The van der Waals surface area contributed by atoms with Crippen LogP contribution in [0, 0.1) is 5.41 Å². The molecule has 1 saturated heterocycles. The predicted molar refractivity (Wildman–Crippen MR) is 112 cm³/mol. The number of alkyl halides is 1. The molecule has 1 N–H and O–H groups in total. The van der Waals surface area contributed by atoms with Crippen molar-refractivity contribution in [2.75, 3.05) is 31.1 Å². The Hall–Kier alpha value is -3.49. The van der Waals surface area contributed by atoms with E-state index in [1.807, 2.05) is 4.90 Å². The minimum Gasteiger partial charge on any atom is -0.488 e. The molecule has 0 radical (unpaired) electrons. The van der Waals surface area contributed by atoms with Gasteiger partial charge in [0, 0.05) is 36.3 Å². The molecule has 9 heteroatoms. The fourth-order valence-electron chi connectivity index (χ4n) is 3.80. The Balaban J connectivity index is 1.61. The third kappa shape index (κ3) is 4.08. The maximum atomic E-state index is 13.7. The number of nitrogens with zero attached hydrogens (tertiary/aromatic N) is 4. The van der Waals surface area contributed by atoms with Crippen molar-refractivity contribution in [3.63, 3.8) is 0 Å². The number of halogens is 1. The number of amides is 1. The first-order valence-corrected chi connectivity index (χ1v) is 10.2. The third-order valence-corrected chi connectivity index (χ3v) is 5.39. The number of ether oxygens (including phenoxy) is 1. The molecular formula is C22H24FN5O3. The van der Waals surface area contributed by atoms with Crippen LogP contribution in [0.5, 0.6) is 5.75 Å². The van der Waals surface area contributed by atoms with Gasteiger partial charge < -0.3 is 14.5 Å². The van der Waals surface area contributed by atoms with Crippen LogP contribution in [0.2, 0.25) is 0 Å². The van der Waals surface area contributed by atoms with Crippen molar-refractivity contribution in [1.82, 2.24) is 14.5 Å². The maximum Gasteiger partial charge on any atom is 0.258 e. The van der Waals surface area contributed by atoms with E-state index in [9.17, 15) is 14.0 Å². The number of allylic oxidation sites excluding steroid dienone is 1. The van der Waals surface area contributed by atoms with Crippen molar-refractivity contribution in [3.8, 4) is 5.75 Å². The van der Waals surface area contributed by atoms with Crippen LogP contribution in [-0.2, 0) is 0 Å². The number of carbonyl (C=O) groups is 2. The Morgan fingerprint density at radius 3 is 2.84 bits per heavy atom. The number of likely N-dealkylation sites (tertiary alicyclic amines) is 1. The van der Waals surface area contributed by atoms with Gasteiger partial charge in [-0.25, -0.2) is 9.37 Å². The molecule has 162 valence electrons. The highest BCUT2D eigenvalue weighted by Crippen LogP contribution is 2.35. The van der Waals surface area contributed by atoms with Gasteiger partial charge in [0.15, 0.2) is 11.6 Å². The number of fused-ring (bicyclic) bond motifs is 1. The Labute approximate surface area is 179 Å². The monoisotopic (exact) mass is 425 g/mol. The summed E-state index contributed by atoms with van der Waals surface area (Å²) in [6.07, 6.45) is 3.14. The predicted octanol–water partition coefficient (Wildman–Crippen LogP) is 2.68. The molecule has 0 spiro atoms. The zero-order chi connectivity index (χ0) is 22.1. The second-order valence-corrected chi connectivity index (χ2v) is 7.76. The van der Waals surface area contributed by atoms with E-state index in [2.05, 4.69) is 11.6 Å². The summed E-state index contributed by atoms with van der Waals surface area (Å²) in [5.74, 6) is 0.375. The smallest absolute Gasteiger partial charge is 0.258 e. The van der Waals surface area contributed by atoms with Gasteiger partial charge in [-0.1, -0.05) is 6.58 Å². The van der Waals surface area contributed by atoms with E-state index in [0.717, 1.165) is 0 Å². The molecule has 0 aliphatic carbocycles. The van der Waals surface area contributed by atoms with E-state index in [4.69, 9.17) is 10.1 Å². The fraction of sp³-hybridized carbons (Fsp3) is 0.364. The fourth-order valence-corrected chi connectivity index (χ4v) is 3.80. The van der Waals surface area contributed by atoms with Gasteiger partial charge in [-0.15, -0.1) is 0 Å². The second kappa shape index (κ2) is 8.33. The van der Waals surface area contributed by atoms with Gasteiger partial charge in [0.1, 0.15) is 18.3 Å². The first kappa shape index (κ1) is 20.8. The SMILES string of the molecule is C=C(C)C(=O)n1ccc(N2CCOc3cc(C(=O)N4CCC[C@@H](F)C4)cnc32)cc1=N. The first-order valence-electron chi connectivity index (χ1n) is 10.2. The van der Waals surface area contributed by atoms with E-state index < -0.39 is 6.17 Å². The van der Waals surface area contributed by atoms with Crippen LogP contribution in [0.4, 0.5) is 15.9 Å². The molecule has 0 unspecified atom stereocenters. The van der Waals surface area contributed by atoms with Gasteiger partial charge in [-0.3, -0.25) is 19.6 Å². The summed E-state index contributed by atoms with van der Waals surface area (Å²) in [5, 5.41) is 8.20. The average Bonchev–Trinajstić information content (AvgIpc) is 2.77. The summed E-state index contributed by atoms with van der Waals surface area (Å²) >= 11 is 0. The van der Waals surface area contributed by atoms with Crippen LogP contribution in [0.3, 0.4) is 0 Å². The van der Waals surface area contributed by atoms with Crippen LogP contribution in [-0.4, -0.2) is 58.7 Å². The highest BCUT2D eigenvalue weighted by Gasteiger charge is 2.27. The van der Waals surface area contributed by atoms with Gasteiger partial charge in [-0.05, 0) is 31.9 Å². The van der Waals surface area contributed by atoms with Crippen LogP contribution >= 0.6 is 0 Å². The maximum absolute atomic E-state index is 13.7. The summed E-state index contributed by atoms with van der Waals surface area (Å²) in [5.41, 5.74) is 1.41. The topological polar surface area (TPSA) is 91.5 Å². The minimum atomic E-state index is -0.994. The van der Waals surface area contributed by atoms with Crippen LogP contribution < -0.4 is 15.1 Å². The number of aromatic nitrogens is 2. The normalized spacial score (nSPS) is 18.2. The quantitative estimate of drug-likeness (QED) is 0.764. The van der Waals surface area contributed by atoms with Gasteiger partial charge in [-0.2, -0.15) is 0 Å². The van der Waals surface area contributed by atoms with Gasteiger partial charge >= 0.3 is 0 Å². The van der Waals surface area contributed by atoms with Crippen molar-refractivity contribution in [3.05, 3.63) is 53.8 Å². The number of hydrogen-bond donors (Lipinski definition) is 1.